The summed E-state index contributed by atoms with van der Waals surface area (Å²) in [5, 5.41) is 20.9. The molecule has 21 heavy (non-hydrogen) atoms. The molecule has 7 nitrogen and oxygen atoms in total. The number of nitrogens with one attached hydrogen (secondary N) is 1. The van der Waals surface area contributed by atoms with Gasteiger partial charge < -0.3 is 26.2 Å². The van der Waals surface area contributed by atoms with Crippen molar-refractivity contribution >= 4 is 12.0 Å². The summed E-state index contributed by atoms with van der Waals surface area (Å²) in [6.07, 6.45) is 0.879. The molecule has 0 aliphatic carbocycles. The number of aromatic hydroxyl groups is 1. The monoisotopic (exact) mass is 293 g/mol. The zero-order valence-electron chi connectivity index (χ0n) is 11.5. The second kappa shape index (κ2) is 6.45. The highest BCUT2D eigenvalue weighted by Crippen LogP contribution is 2.12. The first-order chi connectivity index (χ1) is 9.95. The number of hydrogen-bond acceptors (Lipinski definition) is 4. The summed E-state index contributed by atoms with van der Waals surface area (Å²) in [4.78, 5) is 24.8. The van der Waals surface area contributed by atoms with Gasteiger partial charge in [-0.25, -0.2) is 9.59 Å². The Morgan fingerprint density at radius 3 is 2.57 bits per heavy atom. The molecule has 1 aliphatic rings. The average Bonchev–Trinajstić information content (AvgIpc) is 2.87. The van der Waals surface area contributed by atoms with Crippen molar-refractivity contribution in [2.45, 2.75) is 24.9 Å². The topological polar surface area (TPSA) is 116 Å². The van der Waals surface area contributed by atoms with Gasteiger partial charge in [0.1, 0.15) is 11.8 Å². The lowest BCUT2D eigenvalue weighted by molar-refractivity contribution is -0.139. The summed E-state index contributed by atoms with van der Waals surface area (Å²) in [6, 6.07) is 4.75. The molecular formula is C14H19N3O4. The van der Waals surface area contributed by atoms with E-state index < -0.39 is 18.0 Å². The minimum Gasteiger partial charge on any atom is -0.508 e. The Hall–Kier alpha value is -2.28. The van der Waals surface area contributed by atoms with E-state index in [1.807, 2.05) is 0 Å². The average molecular weight is 293 g/mol. The van der Waals surface area contributed by atoms with Crippen molar-refractivity contribution in [1.29, 1.82) is 0 Å². The Morgan fingerprint density at radius 2 is 2.05 bits per heavy atom. The molecule has 0 spiro atoms. The first-order valence-electron chi connectivity index (χ1n) is 6.77. The predicted octanol–water partition coefficient (Wildman–Crippen LogP) is 0.131. The number of hydrogen-bond donors (Lipinski definition) is 4. The van der Waals surface area contributed by atoms with Gasteiger partial charge in [0.05, 0.1) is 0 Å². The molecule has 0 bridgehead atoms. The molecule has 114 valence electrons. The standard InChI is InChI=1S/C14H19N3O4/c15-10-5-6-17(8-10)14(21)16-12(13(19)20)7-9-1-3-11(18)4-2-9/h1-4,10,12,18H,5-8,15H2,(H,16,21)(H,19,20)/t10?,12-/m1/s1. The van der Waals surface area contributed by atoms with Crippen molar-refractivity contribution in [1.82, 2.24) is 10.2 Å². The van der Waals surface area contributed by atoms with E-state index in [2.05, 4.69) is 5.32 Å². The van der Waals surface area contributed by atoms with Gasteiger partial charge in [-0.15, -0.1) is 0 Å². The third kappa shape index (κ3) is 4.09. The summed E-state index contributed by atoms with van der Waals surface area (Å²) in [6.45, 7) is 0.982. The number of nitrogens with zero attached hydrogens (tertiary/aromatic N) is 1. The second-order valence-corrected chi connectivity index (χ2v) is 5.21. The molecule has 5 N–H and O–H groups in total. The van der Waals surface area contributed by atoms with E-state index in [-0.39, 0.29) is 18.2 Å². The van der Waals surface area contributed by atoms with Crippen LogP contribution in [-0.2, 0) is 11.2 Å². The van der Waals surface area contributed by atoms with Crippen LogP contribution in [0.5, 0.6) is 5.75 Å². The molecule has 1 heterocycles. The lowest BCUT2D eigenvalue weighted by Crippen LogP contribution is -2.48. The summed E-state index contributed by atoms with van der Waals surface area (Å²) in [7, 11) is 0. The Bertz CT molecular complexity index is 517. The fraction of sp³-hybridized carbons (Fsp3) is 0.429. The van der Waals surface area contributed by atoms with E-state index in [1.165, 1.54) is 17.0 Å². The number of benzene rings is 1. The van der Waals surface area contributed by atoms with Gasteiger partial charge in [0.2, 0.25) is 0 Å². The van der Waals surface area contributed by atoms with Crippen molar-refractivity contribution in [3.05, 3.63) is 29.8 Å². The predicted molar refractivity (Wildman–Crippen MR) is 75.9 cm³/mol. The summed E-state index contributed by atoms with van der Waals surface area (Å²) >= 11 is 0. The maximum atomic E-state index is 12.0. The third-order valence-electron chi connectivity index (χ3n) is 3.48. The van der Waals surface area contributed by atoms with E-state index in [1.54, 1.807) is 12.1 Å². The number of phenolic OH excluding ortho intramolecular Hbond substituents is 1. The SMILES string of the molecule is NC1CCN(C(=O)N[C@H](Cc2ccc(O)cc2)C(=O)O)C1. The highest BCUT2D eigenvalue weighted by atomic mass is 16.4. The normalized spacial score (nSPS) is 19.3. The highest BCUT2D eigenvalue weighted by Gasteiger charge is 2.27. The third-order valence-corrected chi connectivity index (χ3v) is 3.48. The van der Waals surface area contributed by atoms with Crippen LogP contribution in [0.2, 0.25) is 0 Å². The highest BCUT2D eigenvalue weighted by molar-refractivity contribution is 5.83. The van der Waals surface area contributed by atoms with E-state index in [0.29, 0.717) is 13.1 Å². The number of carbonyl (C=O) groups excluding carboxylic acids is 1. The van der Waals surface area contributed by atoms with E-state index >= 15 is 0 Å². The Kier molecular flexibility index (Phi) is 4.64. The molecule has 2 rings (SSSR count). The van der Waals surface area contributed by atoms with Crippen LogP contribution in [-0.4, -0.2) is 52.3 Å². The number of likely N-dealkylation sites (tertiary alicyclic amines) is 1. The van der Waals surface area contributed by atoms with Crippen LogP contribution in [0.3, 0.4) is 0 Å². The van der Waals surface area contributed by atoms with Gasteiger partial charge in [-0.2, -0.15) is 0 Å². The lowest BCUT2D eigenvalue weighted by atomic mass is 10.1. The number of amides is 2. The van der Waals surface area contributed by atoms with Crippen molar-refractivity contribution < 1.29 is 19.8 Å². The van der Waals surface area contributed by atoms with Crippen LogP contribution in [0.25, 0.3) is 0 Å². The fourth-order valence-electron chi connectivity index (χ4n) is 2.28. The van der Waals surface area contributed by atoms with Crippen molar-refractivity contribution in [2.24, 2.45) is 5.73 Å². The molecule has 7 heteroatoms. The Labute approximate surface area is 122 Å². The number of carboxylic acid groups (broad SMARTS) is 1. The van der Waals surface area contributed by atoms with Crippen LogP contribution >= 0.6 is 0 Å². The zero-order valence-corrected chi connectivity index (χ0v) is 11.5. The molecule has 1 aromatic carbocycles. The first-order valence-corrected chi connectivity index (χ1v) is 6.77. The van der Waals surface area contributed by atoms with Crippen molar-refractivity contribution in [2.75, 3.05) is 13.1 Å². The number of aliphatic carboxylic acids is 1. The first kappa shape index (κ1) is 15.1. The molecule has 2 atom stereocenters. The Morgan fingerprint density at radius 1 is 1.38 bits per heavy atom. The summed E-state index contributed by atoms with van der Waals surface area (Å²) < 4.78 is 0. The van der Waals surface area contributed by atoms with Crippen molar-refractivity contribution in [3.63, 3.8) is 0 Å². The van der Waals surface area contributed by atoms with Crippen LogP contribution in [0.4, 0.5) is 4.79 Å². The number of phenols is 1. The number of nitrogens with two attached hydrogens (primary N) is 1. The minimum absolute atomic E-state index is 0.0453. The number of carbonyl (C=O) groups is 2. The molecule has 1 saturated heterocycles. The quantitative estimate of drug-likeness (QED) is 0.630. The van der Waals surface area contributed by atoms with E-state index in [9.17, 15) is 19.8 Å². The Balaban J connectivity index is 1.97. The largest absolute Gasteiger partial charge is 0.508 e. The lowest BCUT2D eigenvalue weighted by Gasteiger charge is -2.21. The molecule has 2 amide bonds. The molecule has 1 aromatic rings. The molecule has 0 radical (unpaired) electrons. The van der Waals surface area contributed by atoms with Gasteiger partial charge in [-0.3, -0.25) is 0 Å². The van der Waals surface area contributed by atoms with E-state index in [0.717, 1.165) is 12.0 Å². The van der Waals surface area contributed by atoms with Gasteiger partial charge >= 0.3 is 12.0 Å². The number of rotatable bonds is 4. The fourth-order valence-corrected chi connectivity index (χ4v) is 2.28. The van der Waals surface area contributed by atoms with Gasteiger partial charge in [-0.1, -0.05) is 12.1 Å². The number of carboxylic acids is 1. The van der Waals surface area contributed by atoms with Crippen LogP contribution in [0, 0.1) is 0 Å². The van der Waals surface area contributed by atoms with E-state index in [4.69, 9.17) is 5.73 Å². The maximum Gasteiger partial charge on any atom is 0.326 e. The summed E-state index contributed by atoms with van der Waals surface area (Å²) in [5.74, 6) is -0.986. The van der Waals surface area contributed by atoms with Gasteiger partial charge in [0.25, 0.3) is 0 Å². The summed E-state index contributed by atoms with van der Waals surface area (Å²) in [5.41, 5.74) is 6.45. The minimum atomic E-state index is -1.10. The van der Waals surface area contributed by atoms with Crippen LogP contribution < -0.4 is 11.1 Å². The molecule has 1 aliphatic heterocycles. The molecular weight excluding hydrogens is 274 g/mol. The molecule has 1 fully saturated rings. The molecule has 0 saturated carbocycles. The van der Waals surface area contributed by atoms with Gasteiger partial charge in [-0.05, 0) is 24.1 Å². The maximum absolute atomic E-state index is 12.0. The molecule has 0 aromatic heterocycles. The van der Waals surface area contributed by atoms with Gasteiger partial charge in [0, 0.05) is 25.6 Å². The smallest absolute Gasteiger partial charge is 0.326 e. The zero-order chi connectivity index (χ0) is 15.4. The van der Waals surface area contributed by atoms with Gasteiger partial charge in [0.15, 0.2) is 0 Å². The van der Waals surface area contributed by atoms with Crippen LogP contribution in [0.1, 0.15) is 12.0 Å². The number of urea groups is 1. The van der Waals surface area contributed by atoms with Crippen molar-refractivity contribution in [3.8, 4) is 5.75 Å². The molecule has 1 unspecified atom stereocenters. The second-order valence-electron chi connectivity index (χ2n) is 5.21. The van der Waals surface area contributed by atoms with Crippen LogP contribution in [0.15, 0.2) is 24.3 Å².